The first kappa shape index (κ1) is 20.4. The molecule has 2 heterocycles. The molecule has 1 aromatic rings. The van der Waals surface area contributed by atoms with Crippen molar-refractivity contribution in [2.75, 3.05) is 46.4 Å². The molecule has 0 radical (unpaired) electrons. The summed E-state index contributed by atoms with van der Waals surface area (Å²) in [5.74, 6) is -0.367. The van der Waals surface area contributed by atoms with E-state index in [4.69, 9.17) is 4.74 Å². The molecule has 0 bridgehead atoms. The maximum absolute atomic E-state index is 12.9. The molecule has 7 nitrogen and oxygen atoms in total. The number of urea groups is 1. The zero-order chi connectivity index (χ0) is 20.3. The average molecular weight is 389 g/mol. The number of piperazine rings is 1. The van der Waals surface area contributed by atoms with E-state index in [9.17, 15) is 9.59 Å². The first-order valence-electron chi connectivity index (χ1n) is 10.1. The maximum atomic E-state index is 12.9. The summed E-state index contributed by atoms with van der Waals surface area (Å²) in [4.78, 5) is 28.2. The van der Waals surface area contributed by atoms with Gasteiger partial charge in [0.15, 0.2) is 0 Å². The van der Waals surface area contributed by atoms with Crippen LogP contribution in [0.1, 0.15) is 29.7 Å². The van der Waals surface area contributed by atoms with E-state index in [1.54, 1.807) is 6.92 Å². The van der Waals surface area contributed by atoms with Gasteiger partial charge >= 0.3 is 12.0 Å². The summed E-state index contributed by atoms with van der Waals surface area (Å²) in [5.41, 5.74) is 4.32. The zero-order valence-electron chi connectivity index (χ0n) is 17.3. The van der Waals surface area contributed by atoms with Crippen LogP contribution in [0, 0.1) is 13.8 Å². The Labute approximate surface area is 166 Å². The second-order valence-electron chi connectivity index (χ2n) is 7.89. The lowest BCUT2D eigenvalue weighted by molar-refractivity contribution is -1.00. The summed E-state index contributed by atoms with van der Waals surface area (Å²) in [7, 11) is 2.20. The predicted octanol–water partition coefficient (Wildman–Crippen LogP) is -1.11. The van der Waals surface area contributed by atoms with Crippen molar-refractivity contribution in [3.8, 4) is 0 Å². The summed E-state index contributed by atoms with van der Waals surface area (Å²) >= 11 is 0. The van der Waals surface area contributed by atoms with Gasteiger partial charge in [-0.05, 0) is 31.9 Å². The van der Waals surface area contributed by atoms with Crippen molar-refractivity contribution in [2.24, 2.45) is 0 Å². The van der Waals surface area contributed by atoms with E-state index >= 15 is 0 Å². The van der Waals surface area contributed by atoms with Gasteiger partial charge in [0.1, 0.15) is 32.7 Å². The highest BCUT2D eigenvalue weighted by molar-refractivity contribution is 5.95. The summed E-state index contributed by atoms with van der Waals surface area (Å²) in [6.45, 7) is 11.0. The van der Waals surface area contributed by atoms with E-state index in [1.165, 1.54) is 9.80 Å². The number of ether oxygens (including phenoxy) is 1. The van der Waals surface area contributed by atoms with Crippen molar-refractivity contribution < 1.29 is 24.1 Å². The molecule has 1 saturated heterocycles. The van der Waals surface area contributed by atoms with Crippen LogP contribution in [0.25, 0.3) is 0 Å². The Kier molecular flexibility index (Phi) is 6.36. The maximum Gasteiger partial charge on any atom is 0.338 e. The summed E-state index contributed by atoms with van der Waals surface area (Å²) in [6, 6.07) is 5.30. The third-order valence-electron chi connectivity index (χ3n) is 5.62. The number of nitrogens with one attached hydrogen (secondary N) is 4. The van der Waals surface area contributed by atoms with Gasteiger partial charge in [0.25, 0.3) is 0 Å². The van der Waals surface area contributed by atoms with Crippen LogP contribution in [0.5, 0.6) is 0 Å². The highest BCUT2D eigenvalue weighted by atomic mass is 16.5. The smallest absolute Gasteiger partial charge is 0.338 e. The second-order valence-corrected chi connectivity index (χ2v) is 7.89. The van der Waals surface area contributed by atoms with Crippen LogP contribution in [-0.2, 0) is 9.53 Å². The van der Waals surface area contributed by atoms with Gasteiger partial charge in [0, 0.05) is 0 Å². The Balaban J connectivity index is 1.99. The van der Waals surface area contributed by atoms with Gasteiger partial charge in [-0.3, -0.25) is 0 Å². The fourth-order valence-electron chi connectivity index (χ4n) is 4.05. The summed E-state index contributed by atoms with van der Waals surface area (Å²) in [6.07, 6.45) is 0. The number of aryl methyl sites for hydroxylation is 2. The van der Waals surface area contributed by atoms with Crippen LogP contribution in [0.4, 0.5) is 4.79 Å². The number of benzene rings is 1. The van der Waals surface area contributed by atoms with Crippen LogP contribution in [-0.4, -0.2) is 58.4 Å². The number of hydrogen-bond acceptors (Lipinski definition) is 3. The van der Waals surface area contributed by atoms with E-state index in [0.29, 0.717) is 24.4 Å². The molecule has 2 amide bonds. The number of esters is 1. The molecule has 0 unspecified atom stereocenters. The molecular formula is C21H32N4O3+2. The topological polar surface area (TPSA) is 76.3 Å². The molecule has 2 aliphatic rings. The highest BCUT2D eigenvalue weighted by Crippen LogP contribution is 2.30. The average Bonchev–Trinajstić information content (AvgIpc) is 2.63. The quantitative estimate of drug-likeness (QED) is 0.483. The Bertz CT molecular complexity index is 782. The normalized spacial score (nSPS) is 25.1. The fraction of sp³-hybridized carbons (Fsp3) is 0.524. The number of carbonyl (C=O) groups is 2. The standard InChI is InChI=1S/C21H30N4O3/c1-5-28-20(26)18-17(13-25-10-8-24(4)9-11-25)22-21(27)23-19(18)16-7-6-14(2)12-15(16)3/h6-7,12,19H,5,8-11,13H2,1-4H3,(H2,22,23,27)/p+2/t19-/m0/s1. The molecule has 4 N–H and O–H groups in total. The lowest BCUT2D eigenvalue weighted by Crippen LogP contribution is -3.27. The van der Waals surface area contributed by atoms with Crippen LogP contribution >= 0.6 is 0 Å². The molecule has 152 valence electrons. The zero-order valence-corrected chi connectivity index (χ0v) is 17.3. The van der Waals surface area contributed by atoms with E-state index in [-0.39, 0.29) is 12.0 Å². The number of rotatable bonds is 5. The van der Waals surface area contributed by atoms with Crippen LogP contribution in [0.2, 0.25) is 0 Å². The van der Waals surface area contributed by atoms with E-state index in [1.807, 2.05) is 26.0 Å². The van der Waals surface area contributed by atoms with E-state index < -0.39 is 6.04 Å². The molecule has 7 heteroatoms. The van der Waals surface area contributed by atoms with Crippen molar-refractivity contribution in [2.45, 2.75) is 26.8 Å². The van der Waals surface area contributed by atoms with Crippen LogP contribution < -0.4 is 20.4 Å². The van der Waals surface area contributed by atoms with Gasteiger partial charge in [-0.15, -0.1) is 0 Å². The molecule has 0 spiro atoms. The molecule has 28 heavy (non-hydrogen) atoms. The van der Waals surface area contributed by atoms with E-state index in [2.05, 4.69) is 23.7 Å². The molecule has 1 aromatic carbocycles. The SMILES string of the molecule is CCOC(=O)C1=C(C[NH+]2CC[NH+](C)CC2)NC(=O)N[C@H]1c1ccc(C)cc1C. The lowest BCUT2D eigenvalue weighted by atomic mass is 9.91. The molecule has 1 atom stereocenters. The van der Waals surface area contributed by atoms with Crippen molar-refractivity contribution in [1.82, 2.24) is 10.6 Å². The first-order valence-corrected chi connectivity index (χ1v) is 10.1. The molecule has 0 aromatic heterocycles. The molecule has 0 saturated carbocycles. The fourth-order valence-corrected chi connectivity index (χ4v) is 4.05. The molecule has 2 aliphatic heterocycles. The number of likely N-dealkylation sites (N-methyl/N-ethyl adjacent to an activating group) is 1. The largest absolute Gasteiger partial charge is 0.463 e. The first-order chi connectivity index (χ1) is 13.4. The molecular weight excluding hydrogens is 356 g/mol. The van der Waals surface area contributed by atoms with Crippen LogP contribution in [0.15, 0.2) is 29.5 Å². The van der Waals surface area contributed by atoms with Crippen molar-refractivity contribution >= 4 is 12.0 Å². The van der Waals surface area contributed by atoms with Crippen molar-refractivity contribution in [3.05, 3.63) is 46.2 Å². The minimum Gasteiger partial charge on any atom is -0.463 e. The highest BCUT2D eigenvalue weighted by Gasteiger charge is 2.36. The van der Waals surface area contributed by atoms with Gasteiger partial charge in [0.2, 0.25) is 0 Å². The Morgan fingerprint density at radius 1 is 1.21 bits per heavy atom. The number of hydrogen-bond donors (Lipinski definition) is 4. The third-order valence-corrected chi connectivity index (χ3v) is 5.62. The minimum absolute atomic E-state index is 0.271. The van der Waals surface area contributed by atoms with E-state index in [0.717, 1.165) is 42.9 Å². The Morgan fingerprint density at radius 3 is 2.57 bits per heavy atom. The Morgan fingerprint density at radius 2 is 1.93 bits per heavy atom. The number of quaternary nitrogens is 2. The van der Waals surface area contributed by atoms with Gasteiger partial charge in [0.05, 0.1) is 31.0 Å². The Hall–Kier alpha value is -2.38. The van der Waals surface area contributed by atoms with Crippen molar-refractivity contribution in [3.63, 3.8) is 0 Å². The third kappa shape index (κ3) is 4.54. The molecule has 0 aliphatic carbocycles. The minimum atomic E-state index is -0.499. The lowest BCUT2D eigenvalue weighted by Gasteiger charge is -2.33. The number of amides is 2. The second kappa shape index (κ2) is 8.75. The van der Waals surface area contributed by atoms with Gasteiger partial charge in [-0.25, -0.2) is 9.59 Å². The summed E-state index contributed by atoms with van der Waals surface area (Å²) in [5, 5.41) is 5.83. The van der Waals surface area contributed by atoms with Gasteiger partial charge in [-0.1, -0.05) is 23.8 Å². The number of carbonyl (C=O) groups excluding carboxylic acids is 2. The molecule has 3 rings (SSSR count). The predicted molar refractivity (Wildman–Crippen MR) is 106 cm³/mol. The van der Waals surface area contributed by atoms with Gasteiger partial charge in [-0.2, -0.15) is 0 Å². The monoisotopic (exact) mass is 388 g/mol. The van der Waals surface area contributed by atoms with Crippen LogP contribution in [0.3, 0.4) is 0 Å². The molecule has 1 fully saturated rings. The van der Waals surface area contributed by atoms with Crippen molar-refractivity contribution in [1.29, 1.82) is 0 Å². The summed E-state index contributed by atoms with van der Waals surface area (Å²) < 4.78 is 5.37. The van der Waals surface area contributed by atoms with Gasteiger partial charge < -0.3 is 25.2 Å².